The Hall–Kier alpha value is -1.82. The van der Waals surface area contributed by atoms with E-state index in [4.69, 9.17) is 18.0 Å². The fourth-order valence-electron chi connectivity index (χ4n) is 2.12. The lowest BCUT2D eigenvalue weighted by molar-refractivity contribution is 0.745. The number of thiocarbonyl (C=S) groups is 1. The van der Waals surface area contributed by atoms with Gasteiger partial charge < -0.3 is 5.73 Å². The van der Waals surface area contributed by atoms with E-state index in [-0.39, 0.29) is 0 Å². The molecule has 0 atom stereocenters. The highest BCUT2D eigenvalue weighted by Gasteiger charge is 2.18. The zero-order chi connectivity index (χ0) is 14.9. The van der Waals surface area contributed by atoms with Crippen LogP contribution in [0.2, 0.25) is 0 Å². The Morgan fingerprint density at radius 1 is 1.25 bits per heavy atom. The van der Waals surface area contributed by atoms with Crippen molar-refractivity contribution in [3.63, 3.8) is 0 Å². The highest BCUT2D eigenvalue weighted by Crippen LogP contribution is 2.20. The van der Waals surface area contributed by atoms with Gasteiger partial charge in [0.15, 0.2) is 5.82 Å². The van der Waals surface area contributed by atoms with Crippen molar-refractivity contribution in [3.8, 4) is 5.82 Å². The van der Waals surface area contributed by atoms with Crippen LogP contribution in [0.25, 0.3) is 5.82 Å². The lowest BCUT2D eigenvalue weighted by Crippen LogP contribution is -2.20. The first-order chi connectivity index (χ1) is 9.49. The molecule has 0 aliphatic carbocycles. The fourth-order valence-corrected chi connectivity index (χ4v) is 2.37. The minimum Gasteiger partial charge on any atom is -0.389 e. The second-order valence-electron chi connectivity index (χ2n) is 4.72. The number of nitrogens with zero attached hydrogens (tertiary/aromatic N) is 4. The number of hydrogen-bond acceptors (Lipinski definition) is 4. The Labute approximate surface area is 124 Å². The first kappa shape index (κ1) is 14.6. The summed E-state index contributed by atoms with van der Waals surface area (Å²) in [7, 11) is 0. The number of aromatic nitrogens is 4. The third-order valence-corrected chi connectivity index (χ3v) is 3.65. The van der Waals surface area contributed by atoms with Gasteiger partial charge in [-0.05, 0) is 38.3 Å². The average Bonchev–Trinajstić information content (AvgIpc) is 2.84. The molecule has 2 N–H and O–H groups in total. The molecule has 6 heteroatoms. The highest BCUT2D eigenvalue weighted by molar-refractivity contribution is 7.80. The van der Waals surface area contributed by atoms with E-state index in [0.29, 0.717) is 10.8 Å². The Bertz CT molecular complexity index is 660. The first-order valence-corrected chi connectivity index (χ1v) is 7.12. The second-order valence-corrected chi connectivity index (χ2v) is 5.16. The van der Waals surface area contributed by atoms with E-state index in [2.05, 4.69) is 35.2 Å². The van der Waals surface area contributed by atoms with Crippen molar-refractivity contribution in [2.45, 2.75) is 40.5 Å². The molecule has 2 aromatic rings. The maximum Gasteiger partial charge on any atom is 0.186 e. The van der Waals surface area contributed by atoms with Crippen LogP contribution in [-0.4, -0.2) is 25.0 Å². The summed E-state index contributed by atoms with van der Waals surface area (Å²) in [6.07, 6.45) is 1.74. The quantitative estimate of drug-likeness (QED) is 0.872. The Balaban J connectivity index is 2.72. The monoisotopic (exact) mass is 289 g/mol. The van der Waals surface area contributed by atoms with E-state index in [1.807, 2.05) is 18.5 Å². The van der Waals surface area contributed by atoms with E-state index in [1.165, 1.54) is 0 Å². The van der Waals surface area contributed by atoms with Gasteiger partial charge in [-0.15, -0.1) is 5.10 Å². The van der Waals surface area contributed by atoms with Crippen LogP contribution in [0, 0.1) is 13.8 Å². The Kier molecular flexibility index (Phi) is 4.13. The molecule has 0 spiro atoms. The van der Waals surface area contributed by atoms with Crippen molar-refractivity contribution in [3.05, 3.63) is 34.3 Å². The summed E-state index contributed by atoms with van der Waals surface area (Å²) in [5.41, 5.74) is 10.5. The Morgan fingerprint density at radius 3 is 2.50 bits per heavy atom. The van der Waals surface area contributed by atoms with Crippen molar-refractivity contribution in [1.82, 2.24) is 20.0 Å². The highest BCUT2D eigenvalue weighted by atomic mass is 32.1. The van der Waals surface area contributed by atoms with Crippen LogP contribution < -0.4 is 5.73 Å². The van der Waals surface area contributed by atoms with E-state index >= 15 is 0 Å². The lowest BCUT2D eigenvalue weighted by atomic mass is 10.1. The van der Waals surface area contributed by atoms with Gasteiger partial charge in [-0.25, -0.2) is 4.68 Å². The largest absolute Gasteiger partial charge is 0.389 e. The van der Waals surface area contributed by atoms with Gasteiger partial charge in [-0.3, -0.25) is 0 Å². The minimum atomic E-state index is 0.325. The van der Waals surface area contributed by atoms with E-state index < -0.39 is 0 Å². The standard InChI is InChI=1S/C14H19N5S/c1-5-10-7-11(6-2)19(18-10)14-12(13(15)20)8(3)9(4)16-17-14/h7H,5-6H2,1-4H3,(H2,15,20). The predicted molar refractivity (Wildman–Crippen MR) is 83.3 cm³/mol. The van der Waals surface area contributed by atoms with Crippen molar-refractivity contribution in [2.24, 2.45) is 5.73 Å². The summed E-state index contributed by atoms with van der Waals surface area (Å²) < 4.78 is 1.81. The number of rotatable bonds is 4. The van der Waals surface area contributed by atoms with Gasteiger partial charge in [-0.2, -0.15) is 10.2 Å². The van der Waals surface area contributed by atoms with Crippen LogP contribution in [-0.2, 0) is 12.8 Å². The molecule has 0 saturated heterocycles. The van der Waals surface area contributed by atoms with Crippen molar-refractivity contribution in [2.75, 3.05) is 0 Å². The maximum absolute atomic E-state index is 5.88. The smallest absolute Gasteiger partial charge is 0.186 e. The molecule has 0 aliphatic rings. The zero-order valence-corrected chi connectivity index (χ0v) is 13.1. The van der Waals surface area contributed by atoms with E-state index in [0.717, 1.165) is 41.1 Å². The number of aryl methyl sites for hydroxylation is 3. The average molecular weight is 289 g/mol. The third-order valence-electron chi connectivity index (χ3n) is 3.44. The first-order valence-electron chi connectivity index (χ1n) is 6.71. The summed E-state index contributed by atoms with van der Waals surface area (Å²) in [6, 6.07) is 2.08. The fraction of sp³-hybridized carbons (Fsp3) is 0.429. The van der Waals surface area contributed by atoms with Crippen LogP contribution in [0.1, 0.15) is 42.1 Å². The van der Waals surface area contributed by atoms with E-state index in [9.17, 15) is 0 Å². The molecular formula is C14H19N5S. The molecule has 2 rings (SSSR count). The molecule has 0 fully saturated rings. The molecule has 2 aromatic heterocycles. The van der Waals surface area contributed by atoms with Gasteiger partial charge in [-0.1, -0.05) is 26.1 Å². The normalized spacial score (nSPS) is 10.8. The van der Waals surface area contributed by atoms with Crippen LogP contribution in [0.3, 0.4) is 0 Å². The van der Waals surface area contributed by atoms with E-state index in [1.54, 1.807) is 0 Å². The van der Waals surface area contributed by atoms with Crippen LogP contribution in [0.15, 0.2) is 6.07 Å². The van der Waals surface area contributed by atoms with Crippen molar-refractivity contribution in [1.29, 1.82) is 0 Å². The van der Waals surface area contributed by atoms with Crippen LogP contribution >= 0.6 is 12.2 Å². The topological polar surface area (TPSA) is 69.6 Å². The van der Waals surface area contributed by atoms with Gasteiger partial charge in [0.05, 0.1) is 17.0 Å². The summed E-state index contributed by atoms with van der Waals surface area (Å²) in [5, 5.41) is 13.0. The number of hydrogen-bond donors (Lipinski definition) is 1. The molecule has 0 aliphatic heterocycles. The molecule has 0 bridgehead atoms. The third kappa shape index (κ3) is 2.43. The molecule has 0 unspecified atom stereocenters. The molecule has 2 heterocycles. The van der Waals surface area contributed by atoms with Crippen molar-refractivity contribution >= 4 is 17.2 Å². The molecule has 0 radical (unpaired) electrons. The lowest BCUT2D eigenvalue weighted by Gasteiger charge is -2.13. The minimum absolute atomic E-state index is 0.325. The predicted octanol–water partition coefficient (Wildman–Crippen LogP) is 2.04. The summed E-state index contributed by atoms with van der Waals surface area (Å²) in [5.74, 6) is 0.622. The SMILES string of the molecule is CCc1cc(CC)n(-c2nnc(C)c(C)c2C(N)=S)n1. The van der Waals surface area contributed by atoms with Crippen LogP contribution in [0.4, 0.5) is 0 Å². The molecule has 106 valence electrons. The number of nitrogens with two attached hydrogens (primary N) is 1. The molecular weight excluding hydrogens is 270 g/mol. The molecule has 0 saturated carbocycles. The molecule has 0 aromatic carbocycles. The molecule has 0 amide bonds. The van der Waals surface area contributed by atoms with Gasteiger partial charge in [0, 0.05) is 5.69 Å². The van der Waals surface area contributed by atoms with Crippen molar-refractivity contribution < 1.29 is 0 Å². The van der Waals surface area contributed by atoms with Gasteiger partial charge in [0.25, 0.3) is 0 Å². The van der Waals surface area contributed by atoms with Gasteiger partial charge in [0.1, 0.15) is 4.99 Å². The summed E-state index contributed by atoms with van der Waals surface area (Å²) >= 11 is 5.18. The van der Waals surface area contributed by atoms with Crippen LogP contribution in [0.5, 0.6) is 0 Å². The molecule has 20 heavy (non-hydrogen) atoms. The maximum atomic E-state index is 5.88. The summed E-state index contributed by atoms with van der Waals surface area (Å²) in [4.78, 5) is 0.325. The second kappa shape index (κ2) is 5.66. The zero-order valence-electron chi connectivity index (χ0n) is 12.3. The van der Waals surface area contributed by atoms with Gasteiger partial charge >= 0.3 is 0 Å². The Morgan fingerprint density at radius 2 is 1.95 bits per heavy atom. The summed E-state index contributed by atoms with van der Waals surface area (Å²) in [6.45, 7) is 8.02. The van der Waals surface area contributed by atoms with Gasteiger partial charge in [0.2, 0.25) is 0 Å². The molecule has 5 nitrogen and oxygen atoms in total.